The van der Waals surface area contributed by atoms with Crippen molar-refractivity contribution in [2.45, 2.75) is 10.2 Å². The van der Waals surface area contributed by atoms with Crippen molar-refractivity contribution in [2.75, 3.05) is 5.33 Å². The number of hydrogen-bond donors (Lipinski definition) is 0. The average molecular weight is 447 g/mol. The fourth-order valence-corrected chi connectivity index (χ4v) is 3.03. The van der Waals surface area contributed by atoms with Crippen LogP contribution in [0, 0.1) is 0 Å². The van der Waals surface area contributed by atoms with Crippen LogP contribution in [-0.4, -0.2) is 15.5 Å². The smallest absolute Gasteiger partial charge is 0.279 e. The van der Waals surface area contributed by atoms with Crippen molar-refractivity contribution in [1.82, 2.24) is 10.1 Å². The first kappa shape index (κ1) is 17.7. The van der Waals surface area contributed by atoms with E-state index in [-0.39, 0.29) is 5.89 Å². The van der Waals surface area contributed by atoms with Crippen LogP contribution in [0.3, 0.4) is 0 Å². The summed E-state index contributed by atoms with van der Waals surface area (Å²) in [6.07, 6.45) is 0.985. The highest BCUT2D eigenvalue weighted by Crippen LogP contribution is 2.38. The van der Waals surface area contributed by atoms with Gasteiger partial charge in [0.1, 0.15) is 0 Å². The van der Waals surface area contributed by atoms with Gasteiger partial charge in [0.2, 0.25) is 5.82 Å². The molecule has 0 aliphatic heterocycles. The van der Waals surface area contributed by atoms with Gasteiger partial charge in [-0.1, -0.05) is 104 Å². The van der Waals surface area contributed by atoms with Gasteiger partial charge in [-0.25, -0.2) is 0 Å². The molecule has 0 amide bonds. The van der Waals surface area contributed by atoms with Gasteiger partial charge in [0.25, 0.3) is 9.68 Å². The molecule has 0 aliphatic rings. The van der Waals surface area contributed by atoms with Crippen LogP contribution in [0.2, 0.25) is 0 Å². The normalized spacial score (nSPS) is 11.7. The molecule has 1 aromatic heterocycles. The van der Waals surface area contributed by atoms with Gasteiger partial charge < -0.3 is 4.52 Å². The molecule has 7 heteroatoms. The molecule has 0 N–H and O–H groups in total. The van der Waals surface area contributed by atoms with Crippen LogP contribution in [0.5, 0.6) is 0 Å². The molecule has 1 heterocycles. The Morgan fingerprint density at radius 3 is 2.21 bits per heavy atom. The monoisotopic (exact) mass is 444 g/mol. The third-order valence-electron chi connectivity index (χ3n) is 3.48. The van der Waals surface area contributed by atoms with Crippen molar-refractivity contribution >= 4 is 50.7 Å². The van der Waals surface area contributed by atoms with Crippen LogP contribution in [0.1, 0.15) is 11.5 Å². The summed E-state index contributed by atoms with van der Waals surface area (Å²) < 4.78 is 3.32. The molecule has 2 aromatic carbocycles. The topological polar surface area (TPSA) is 38.9 Å². The second-order valence-electron chi connectivity index (χ2n) is 5.10. The molecule has 0 atom stereocenters. The SMILES string of the molecule is ClC(Cl)(Cl)c1nc(-c2ccccc2-c2ccc(CCBr)cc2)no1. The molecule has 0 radical (unpaired) electrons. The first-order valence-electron chi connectivity index (χ1n) is 7.14. The van der Waals surface area contributed by atoms with Crippen molar-refractivity contribution in [3.63, 3.8) is 0 Å². The molecule has 24 heavy (non-hydrogen) atoms. The van der Waals surface area contributed by atoms with E-state index in [4.69, 9.17) is 39.3 Å². The van der Waals surface area contributed by atoms with Crippen LogP contribution >= 0.6 is 50.7 Å². The molecule has 3 aromatic rings. The van der Waals surface area contributed by atoms with E-state index in [0.29, 0.717) is 5.82 Å². The fraction of sp³-hybridized carbons (Fsp3) is 0.176. The molecule has 0 unspecified atom stereocenters. The first-order chi connectivity index (χ1) is 11.5. The molecular formula is C17H12BrCl3N2O. The number of halogens is 4. The van der Waals surface area contributed by atoms with Crippen molar-refractivity contribution < 1.29 is 4.52 Å². The lowest BCUT2D eigenvalue weighted by Gasteiger charge is -2.08. The number of aromatic nitrogens is 2. The summed E-state index contributed by atoms with van der Waals surface area (Å²) in [6.45, 7) is 0. The van der Waals surface area contributed by atoms with Crippen LogP contribution < -0.4 is 0 Å². The number of alkyl halides is 4. The summed E-state index contributed by atoms with van der Waals surface area (Å²) in [7, 11) is 0. The molecule has 0 bridgehead atoms. The lowest BCUT2D eigenvalue weighted by atomic mass is 9.98. The quantitative estimate of drug-likeness (QED) is 0.450. The van der Waals surface area contributed by atoms with E-state index >= 15 is 0 Å². The zero-order valence-corrected chi connectivity index (χ0v) is 16.2. The van der Waals surface area contributed by atoms with E-state index in [0.717, 1.165) is 28.4 Å². The van der Waals surface area contributed by atoms with E-state index in [1.807, 2.05) is 24.3 Å². The molecule has 3 nitrogen and oxygen atoms in total. The van der Waals surface area contributed by atoms with Crippen molar-refractivity contribution in [2.24, 2.45) is 0 Å². The molecule has 3 rings (SSSR count). The highest BCUT2D eigenvalue weighted by atomic mass is 79.9. The van der Waals surface area contributed by atoms with Gasteiger partial charge in [0, 0.05) is 10.9 Å². The van der Waals surface area contributed by atoms with Crippen molar-refractivity contribution in [3.05, 3.63) is 60.0 Å². The number of nitrogens with zero attached hydrogens (tertiary/aromatic N) is 2. The molecule has 0 fully saturated rings. The van der Waals surface area contributed by atoms with Gasteiger partial charge in [0.15, 0.2) is 0 Å². The van der Waals surface area contributed by atoms with Gasteiger partial charge in [-0.2, -0.15) is 4.98 Å². The molecule has 0 spiro atoms. The van der Waals surface area contributed by atoms with E-state index in [2.05, 4.69) is 50.3 Å². The summed E-state index contributed by atoms with van der Waals surface area (Å²) in [5, 5.41) is 4.88. The minimum Gasteiger partial charge on any atom is -0.334 e. The van der Waals surface area contributed by atoms with E-state index in [1.54, 1.807) is 0 Å². The minimum atomic E-state index is -1.74. The van der Waals surface area contributed by atoms with Crippen LogP contribution in [0.15, 0.2) is 53.1 Å². The summed E-state index contributed by atoms with van der Waals surface area (Å²) in [4.78, 5) is 4.21. The number of rotatable bonds is 4. The maximum atomic E-state index is 5.79. The van der Waals surface area contributed by atoms with Gasteiger partial charge in [-0.05, 0) is 23.1 Å². The van der Waals surface area contributed by atoms with Crippen molar-refractivity contribution in [3.8, 4) is 22.5 Å². The summed E-state index contributed by atoms with van der Waals surface area (Å²) in [5.74, 6) is 0.335. The Morgan fingerprint density at radius 1 is 0.958 bits per heavy atom. The van der Waals surface area contributed by atoms with Gasteiger partial charge in [0.05, 0.1) is 0 Å². The van der Waals surface area contributed by atoms with E-state index in [9.17, 15) is 0 Å². The van der Waals surface area contributed by atoms with Crippen LogP contribution in [0.25, 0.3) is 22.5 Å². The van der Waals surface area contributed by atoms with E-state index in [1.165, 1.54) is 5.56 Å². The van der Waals surface area contributed by atoms with Gasteiger partial charge in [-0.15, -0.1) is 0 Å². The highest BCUT2D eigenvalue weighted by molar-refractivity contribution is 9.09. The largest absolute Gasteiger partial charge is 0.334 e. The second kappa shape index (κ2) is 7.44. The number of hydrogen-bond acceptors (Lipinski definition) is 3. The first-order valence-corrected chi connectivity index (χ1v) is 9.40. The summed E-state index contributed by atoms with van der Waals surface area (Å²) in [5.41, 5.74) is 4.13. The zero-order chi connectivity index (χ0) is 17.2. The van der Waals surface area contributed by atoms with Crippen molar-refractivity contribution in [1.29, 1.82) is 0 Å². The Balaban J connectivity index is 2.00. The lowest BCUT2D eigenvalue weighted by molar-refractivity contribution is 0.383. The summed E-state index contributed by atoms with van der Waals surface area (Å²) in [6, 6.07) is 16.1. The summed E-state index contributed by atoms with van der Waals surface area (Å²) >= 11 is 20.8. The second-order valence-corrected chi connectivity index (χ2v) is 8.18. The maximum Gasteiger partial charge on any atom is 0.279 e. The van der Waals surface area contributed by atoms with Gasteiger partial charge >= 0.3 is 0 Å². The molecule has 124 valence electrons. The molecule has 0 aliphatic carbocycles. The third-order valence-corrected chi connectivity index (χ3v) is 4.37. The third kappa shape index (κ3) is 3.94. The Bertz CT molecular complexity index is 828. The Kier molecular flexibility index (Phi) is 5.50. The fourth-order valence-electron chi connectivity index (χ4n) is 2.34. The number of benzene rings is 2. The Hall–Kier alpha value is -1.07. The average Bonchev–Trinajstić information content (AvgIpc) is 3.06. The standard InChI is InChI=1S/C17H12BrCl3N2O/c18-10-9-11-5-7-12(8-6-11)13-3-1-2-4-14(13)15-22-16(24-23-15)17(19,20)21/h1-8H,9-10H2. The van der Waals surface area contributed by atoms with E-state index < -0.39 is 3.79 Å². The lowest BCUT2D eigenvalue weighted by Crippen LogP contribution is -1.99. The zero-order valence-electron chi connectivity index (χ0n) is 12.3. The number of aryl methyl sites for hydroxylation is 1. The van der Waals surface area contributed by atoms with Gasteiger partial charge in [-0.3, -0.25) is 0 Å². The Labute approximate surface area is 163 Å². The Morgan fingerprint density at radius 2 is 1.62 bits per heavy atom. The van der Waals surface area contributed by atoms with Crippen LogP contribution in [-0.2, 0) is 10.2 Å². The maximum absolute atomic E-state index is 5.79. The minimum absolute atomic E-state index is 0.0510. The molecule has 0 saturated carbocycles. The predicted octanol–water partition coefficient (Wildman–Crippen LogP) is 6.17. The molecule has 0 saturated heterocycles. The molecular weight excluding hydrogens is 434 g/mol. The predicted molar refractivity (Wildman–Crippen MR) is 102 cm³/mol. The van der Waals surface area contributed by atoms with Crippen LogP contribution in [0.4, 0.5) is 0 Å². The highest BCUT2D eigenvalue weighted by Gasteiger charge is 2.31.